The minimum atomic E-state index is -0.594. The summed E-state index contributed by atoms with van der Waals surface area (Å²) >= 11 is 3.22. The monoisotopic (exact) mass is 406 g/mol. The maximum Gasteiger partial charge on any atom is 0.276 e. The fraction of sp³-hybridized carbons (Fsp3) is 0.111. The van der Waals surface area contributed by atoms with Gasteiger partial charge in [0.1, 0.15) is 11.6 Å². The summed E-state index contributed by atoms with van der Waals surface area (Å²) in [5.41, 5.74) is 5.56. The normalized spacial score (nSPS) is 10.5. The van der Waals surface area contributed by atoms with Crippen LogP contribution in [0.4, 0.5) is 4.39 Å². The Labute approximate surface area is 153 Å². The van der Waals surface area contributed by atoms with Crippen molar-refractivity contribution >= 4 is 33.8 Å². The third-order valence-electron chi connectivity index (χ3n) is 3.15. The van der Waals surface area contributed by atoms with Gasteiger partial charge in [-0.15, -0.1) is 0 Å². The summed E-state index contributed by atoms with van der Waals surface area (Å²) in [6.45, 7) is 1.62. The first-order chi connectivity index (χ1) is 12.0. The van der Waals surface area contributed by atoms with Crippen molar-refractivity contribution in [2.45, 2.75) is 6.92 Å². The average Bonchev–Trinajstić information content (AvgIpc) is 2.60. The molecule has 0 saturated heterocycles. The number of nitrogens with one attached hydrogen (secondary N) is 2. The fourth-order valence-corrected chi connectivity index (χ4v) is 2.26. The van der Waals surface area contributed by atoms with Crippen molar-refractivity contribution < 1.29 is 18.7 Å². The largest absolute Gasteiger partial charge is 0.483 e. The number of hydrogen-bond donors (Lipinski definition) is 2. The molecule has 0 unspecified atom stereocenters. The highest BCUT2D eigenvalue weighted by Crippen LogP contribution is 2.17. The van der Waals surface area contributed by atoms with Crippen molar-refractivity contribution in [2.24, 2.45) is 0 Å². The van der Waals surface area contributed by atoms with Gasteiger partial charge < -0.3 is 4.74 Å². The van der Waals surface area contributed by atoms with E-state index in [-0.39, 0.29) is 12.2 Å². The topological polar surface area (TPSA) is 67.4 Å². The van der Waals surface area contributed by atoms with Crippen LogP contribution in [-0.2, 0) is 9.59 Å². The van der Waals surface area contributed by atoms with Gasteiger partial charge in [0.15, 0.2) is 6.61 Å². The highest BCUT2D eigenvalue weighted by molar-refractivity contribution is 9.10. The molecule has 0 aromatic heterocycles. The molecule has 0 radical (unpaired) electrons. The molecule has 2 N–H and O–H groups in total. The predicted molar refractivity (Wildman–Crippen MR) is 96.1 cm³/mol. The van der Waals surface area contributed by atoms with Gasteiger partial charge in [-0.2, -0.15) is 0 Å². The molecule has 5 nitrogen and oxygen atoms in total. The number of hydrogen-bond acceptors (Lipinski definition) is 3. The lowest BCUT2D eigenvalue weighted by Gasteiger charge is -2.09. The Morgan fingerprint density at radius 3 is 2.72 bits per heavy atom. The fourth-order valence-electron chi connectivity index (χ4n) is 1.88. The number of rotatable bonds is 5. The molecule has 0 spiro atoms. The van der Waals surface area contributed by atoms with Crippen molar-refractivity contribution in [3.63, 3.8) is 0 Å². The first-order valence-electron chi connectivity index (χ1n) is 7.36. The van der Waals surface area contributed by atoms with E-state index < -0.39 is 17.6 Å². The van der Waals surface area contributed by atoms with Gasteiger partial charge in [-0.3, -0.25) is 20.4 Å². The summed E-state index contributed by atoms with van der Waals surface area (Å²) in [4.78, 5) is 23.3. The Bertz CT molecular complexity index is 809. The zero-order chi connectivity index (χ0) is 18.2. The molecule has 0 aliphatic heterocycles. The van der Waals surface area contributed by atoms with Crippen LogP contribution in [0, 0.1) is 12.7 Å². The van der Waals surface area contributed by atoms with Crippen LogP contribution in [0.3, 0.4) is 0 Å². The molecule has 0 saturated carbocycles. The number of halogens is 2. The summed E-state index contributed by atoms with van der Waals surface area (Å²) in [7, 11) is 0. The minimum Gasteiger partial charge on any atom is -0.483 e. The van der Waals surface area contributed by atoms with Crippen molar-refractivity contribution in [1.82, 2.24) is 10.9 Å². The molecule has 2 aromatic carbocycles. The molecule has 0 heterocycles. The first-order valence-corrected chi connectivity index (χ1v) is 8.15. The lowest BCUT2D eigenvalue weighted by atomic mass is 10.2. The van der Waals surface area contributed by atoms with Gasteiger partial charge in [-0.25, -0.2) is 4.39 Å². The van der Waals surface area contributed by atoms with Crippen LogP contribution in [0.15, 0.2) is 53.0 Å². The smallest absolute Gasteiger partial charge is 0.276 e. The molecule has 2 amide bonds. The second kappa shape index (κ2) is 8.98. The lowest BCUT2D eigenvalue weighted by Crippen LogP contribution is -2.43. The number of benzene rings is 2. The quantitative estimate of drug-likeness (QED) is 0.591. The molecule has 7 heteroatoms. The van der Waals surface area contributed by atoms with E-state index in [2.05, 4.69) is 26.8 Å². The summed E-state index contributed by atoms with van der Waals surface area (Å²) < 4.78 is 19.6. The molecule has 0 aliphatic carbocycles. The molecule has 0 fully saturated rings. The molecule has 130 valence electrons. The molecule has 2 rings (SSSR count). The van der Waals surface area contributed by atoms with Crippen molar-refractivity contribution in [3.05, 3.63) is 70.0 Å². The molecule has 0 bridgehead atoms. The predicted octanol–water partition coefficient (Wildman–Crippen LogP) is 3.14. The lowest BCUT2D eigenvalue weighted by molar-refractivity contribution is -0.128. The van der Waals surface area contributed by atoms with Crippen LogP contribution in [-0.4, -0.2) is 18.4 Å². The van der Waals surface area contributed by atoms with Gasteiger partial charge in [-0.05, 0) is 42.8 Å². The third-order valence-corrected chi connectivity index (χ3v) is 3.64. The molecular formula is C18H16BrFN2O3. The van der Waals surface area contributed by atoms with Crippen LogP contribution >= 0.6 is 15.9 Å². The van der Waals surface area contributed by atoms with Crippen LogP contribution in [0.1, 0.15) is 11.1 Å². The molecule has 0 atom stereocenters. The van der Waals surface area contributed by atoms with Crippen molar-refractivity contribution in [1.29, 1.82) is 0 Å². The molecule has 0 aliphatic rings. The van der Waals surface area contributed by atoms with Gasteiger partial charge in [0.2, 0.25) is 0 Å². The van der Waals surface area contributed by atoms with E-state index in [1.54, 1.807) is 18.2 Å². The van der Waals surface area contributed by atoms with Gasteiger partial charge in [-0.1, -0.05) is 34.1 Å². The Morgan fingerprint density at radius 1 is 1.20 bits per heavy atom. The number of ether oxygens (including phenoxy) is 1. The first kappa shape index (κ1) is 18.7. The maximum absolute atomic E-state index is 13.5. The molecule has 2 aromatic rings. The second-order valence-electron chi connectivity index (χ2n) is 5.09. The van der Waals surface area contributed by atoms with Gasteiger partial charge >= 0.3 is 0 Å². The highest BCUT2D eigenvalue weighted by atomic mass is 79.9. The molecular weight excluding hydrogens is 391 g/mol. The van der Waals surface area contributed by atoms with E-state index in [0.717, 1.165) is 11.6 Å². The number of carbonyl (C=O) groups is 2. The Balaban J connectivity index is 1.79. The molecule has 25 heavy (non-hydrogen) atoms. The van der Waals surface area contributed by atoms with Crippen LogP contribution in [0.5, 0.6) is 5.75 Å². The summed E-state index contributed by atoms with van der Waals surface area (Å²) in [5.74, 6) is -0.973. The Hall–Kier alpha value is -2.67. The highest BCUT2D eigenvalue weighted by Gasteiger charge is 2.05. The van der Waals surface area contributed by atoms with Crippen molar-refractivity contribution in [2.75, 3.05) is 6.61 Å². The van der Waals surface area contributed by atoms with Crippen LogP contribution in [0.25, 0.3) is 6.08 Å². The van der Waals surface area contributed by atoms with Gasteiger partial charge in [0.25, 0.3) is 11.8 Å². The zero-order valence-electron chi connectivity index (χ0n) is 13.4. The second-order valence-corrected chi connectivity index (χ2v) is 6.01. The number of para-hydroxylation sites is 1. The Kier molecular flexibility index (Phi) is 6.71. The number of carbonyl (C=O) groups excluding carboxylic acids is 2. The minimum absolute atomic E-state index is 0.241. The van der Waals surface area contributed by atoms with E-state index in [9.17, 15) is 14.0 Å². The zero-order valence-corrected chi connectivity index (χ0v) is 15.0. The summed E-state index contributed by atoms with van der Waals surface area (Å²) in [6, 6.07) is 11.6. The number of hydrazine groups is 1. The Morgan fingerprint density at radius 2 is 1.96 bits per heavy atom. The third kappa shape index (κ3) is 6.04. The van der Waals surface area contributed by atoms with Crippen molar-refractivity contribution in [3.8, 4) is 5.75 Å². The van der Waals surface area contributed by atoms with E-state index in [4.69, 9.17) is 4.74 Å². The average molecular weight is 407 g/mol. The van der Waals surface area contributed by atoms with Crippen LogP contribution in [0.2, 0.25) is 0 Å². The standard InChI is InChI=1S/C18H16BrFN2O3/c1-12-4-2-3-5-16(12)25-11-18(24)22-21-17(23)9-6-13-10-14(19)7-8-15(13)20/h2-10H,11H2,1H3,(H,21,23)(H,22,24)/b9-6+. The van der Waals surface area contributed by atoms with Gasteiger partial charge in [0.05, 0.1) is 0 Å². The van der Waals surface area contributed by atoms with Crippen LogP contribution < -0.4 is 15.6 Å². The maximum atomic E-state index is 13.5. The number of aryl methyl sites for hydroxylation is 1. The SMILES string of the molecule is Cc1ccccc1OCC(=O)NNC(=O)/C=C/c1cc(Br)ccc1F. The van der Waals surface area contributed by atoms with E-state index >= 15 is 0 Å². The van der Waals surface area contributed by atoms with E-state index in [1.807, 2.05) is 19.1 Å². The number of amides is 2. The van der Waals surface area contributed by atoms with Gasteiger partial charge in [0, 0.05) is 16.1 Å². The summed E-state index contributed by atoms with van der Waals surface area (Å²) in [5, 5.41) is 0. The van der Waals surface area contributed by atoms with E-state index in [0.29, 0.717) is 10.2 Å². The summed E-state index contributed by atoms with van der Waals surface area (Å²) in [6.07, 6.45) is 2.43. The van der Waals surface area contributed by atoms with E-state index in [1.165, 1.54) is 18.2 Å².